The predicted molar refractivity (Wildman–Crippen MR) is 99.3 cm³/mol. The van der Waals surface area contributed by atoms with E-state index in [9.17, 15) is 9.59 Å². The maximum atomic E-state index is 12.5. The van der Waals surface area contributed by atoms with E-state index in [1.54, 1.807) is 12.1 Å². The van der Waals surface area contributed by atoms with Crippen molar-refractivity contribution in [2.75, 3.05) is 19.6 Å². The molecule has 0 atom stereocenters. The number of halogens is 2. The van der Waals surface area contributed by atoms with Gasteiger partial charge in [0.2, 0.25) is 5.91 Å². The van der Waals surface area contributed by atoms with Crippen LogP contribution in [0.2, 0.25) is 0 Å². The van der Waals surface area contributed by atoms with Gasteiger partial charge in [0.1, 0.15) is 6.54 Å². The molecular formula is C16H20BrClN4O2. The molecule has 1 aliphatic heterocycles. The molecule has 1 fully saturated rings. The molecule has 0 saturated carbocycles. The monoisotopic (exact) mass is 414 g/mol. The summed E-state index contributed by atoms with van der Waals surface area (Å²) in [6.07, 6.45) is 3.31. The Morgan fingerprint density at radius 2 is 2.04 bits per heavy atom. The fourth-order valence-corrected chi connectivity index (χ4v) is 3.27. The van der Waals surface area contributed by atoms with Crippen molar-refractivity contribution in [3.63, 3.8) is 0 Å². The van der Waals surface area contributed by atoms with Crippen LogP contribution >= 0.6 is 28.3 Å². The highest BCUT2D eigenvalue weighted by molar-refractivity contribution is 9.10. The number of carbonyl (C=O) groups excluding carboxylic acids is 1. The summed E-state index contributed by atoms with van der Waals surface area (Å²) in [5.74, 6) is 0.458. The van der Waals surface area contributed by atoms with E-state index in [-0.39, 0.29) is 30.4 Å². The number of hydrogen-bond acceptors (Lipinski definition) is 4. The van der Waals surface area contributed by atoms with Crippen LogP contribution in [0.5, 0.6) is 0 Å². The molecular weight excluding hydrogens is 396 g/mol. The highest BCUT2D eigenvalue weighted by atomic mass is 79.9. The van der Waals surface area contributed by atoms with Gasteiger partial charge in [-0.2, -0.15) is 0 Å². The normalized spacial score (nSPS) is 15.3. The maximum absolute atomic E-state index is 12.5. The van der Waals surface area contributed by atoms with Gasteiger partial charge in [0.25, 0.3) is 5.56 Å². The maximum Gasteiger partial charge on any atom is 0.261 e. The molecule has 1 amide bonds. The first-order valence-corrected chi connectivity index (χ1v) is 8.50. The van der Waals surface area contributed by atoms with Gasteiger partial charge in [-0.15, -0.1) is 12.4 Å². The fraction of sp³-hybridized carbons (Fsp3) is 0.438. The number of fused-ring (bicyclic) bond motifs is 1. The molecule has 0 aliphatic carbocycles. The molecule has 1 aromatic carbocycles. The number of piperidine rings is 1. The summed E-state index contributed by atoms with van der Waals surface area (Å²) in [7, 11) is 0. The van der Waals surface area contributed by atoms with Crippen LogP contribution in [0.25, 0.3) is 10.9 Å². The number of hydrogen-bond donors (Lipinski definition) is 1. The Kier molecular flexibility index (Phi) is 6.37. The summed E-state index contributed by atoms with van der Waals surface area (Å²) in [6, 6.07) is 5.36. The first kappa shape index (κ1) is 18.9. The summed E-state index contributed by atoms with van der Waals surface area (Å²) in [5.41, 5.74) is 6.11. The van der Waals surface area contributed by atoms with Gasteiger partial charge in [-0.05, 0) is 43.5 Å². The molecule has 6 nitrogen and oxygen atoms in total. The van der Waals surface area contributed by atoms with Crippen LogP contribution in [0, 0.1) is 5.92 Å². The van der Waals surface area contributed by atoms with Crippen LogP contribution in [-0.4, -0.2) is 40.0 Å². The van der Waals surface area contributed by atoms with Gasteiger partial charge in [-0.3, -0.25) is 14.2 Å². The lowest BCUT2D eigenvalue weighted by Crippen LogP contribution is -2.42. The minimum atomic E-state index is -0.193. The molecule has 130 valence electrons. The second-order valence-corrected chi connectivity index (χ2v) is 6.81. The largest absolute Gasteiger partial charge is 0.341 e. The van der Waals surface area contributed by atoms with Crippen LogP contribution < -0.4 is 11.3 Å². The number of carbonyl (C=O) groups is 1. The number of aromatic nitrogens is 2. The van der Waals surface area contributed by atoms with Gasteiger partial charge in [0.15, 0.2) is 0 Å². The molecule has 0 radical (unpaired) electrons. The zero-order valence-corrected chi connectivity index (χ0v) is 15.6. The molecule has 24 heavy (non-hydrogen) atoms. The van der Waals surface area contributed by atoms with E-state index in [1.165, 1.54) is 10.9 Å². The average molecular weight is 416 g/mol. The van der Waals surface area contributed by atoms with E-state index in [1.807, 2.05) is 11.0 Å². The van der Waals surface area contributed by atoms with Crippen LogP contribution in [0.1, 0.15) is 12.8 Å². The minimum absolute atomic E-state index is 0. The predicted octanol–water partition coefficient (Wildman–Crippen LogP) is 1.78. The van der Waals surface area contributed by atoms with Gasteiger partial charge in [-0.25, -0.2) is 4.98 Å². The Balaban J connectivity index is 0.00000208. The summed E-state index contributed by atoms with van der Waals surface area (Å²) < 4.78 is 2.20. The van der Waals surface area contributed by atoms with Crippen LogP contribution in [0.15, 0.2) is 33.8 Å². The van der Waals surface area contributed by atoms with Crippen molar-refractivity contribution >= 4 is 45.1 Å². The van der Waals surface area contributed by atoms with Crippen molar-refractivity contribution in [1.29, 1.82) is 0 Å². The molecule has 1 saturated heterocycles. The van der Waals surface area contributed by atoms with E-state index in [2.05, 4.69) is 20.9 Å². The fourth-order valence-electron chi connectivity index (χ4n) is 2.91. The number of nitrogens with zero attached hydrogens (tertiary/aromatic N) is 3. The minimum Gasteiger partial charge on any atom is -0.341 e. The first-order chi connectivity index (χ1) is 11.1. The van der Waals surface area contributed by atoms with Gasteiger partial charge in [0.05, 0.1) is 17.2 Å². The number of nitrogens with two attached hydrogens (primary N) is 1. The lowest BCUT2D eigenvalue weighted by Gasteiger charge is -2.31. The van der Waals surface area contributed by atoms with Gasteiger partial charge >= 0.3 is 0 Å². The Morgan fingerprint density at radius 1 is 1.33 bits per heavy atom. The average Bonchev–Trinajstić information content (AvgIpc) is 2.58. The number of benzene rings is 1. The molecule has 8 heteroatoms. The Labute approximate surface area is 154 Å². The second-order valence-electron chi connectivity index (χ2n) is 5.90. The summed E-state index contributed by atoms with van der Waals surface area (Å²) in [4.78, 5) is 31.0. The van der Waals surface area contributed by atoms with Crippen molar-refractivity contribution in [3.8, 4) is 0 Å². The highest BCUT2D eigenvalue weighted by Crippen LogP contribution is 2.17. The number of likely N-dealkylation sites (tertiary alicyclic amines) is 1. The van der Waals surface area contributed by atoms with Crippen molar-refractivity contribution < 1.29 is 4.79 Å². The smallest absolute Gasteiger partial charge is 0.261 e. The standard InChI is InChI=1S/C16H19BrN4O2.ClH/c17-12-1-2-14-13(7-12)16(23)21(10-19-14)9-15(22)20-5-3-11(8-18)4-6-20;/h1-2,7,10-11H,3-6,8-9,18H2;1H. The third-order valence-corrected chi connectivity index (χ3v) is 4.89. The van der Waals surface area contributed by atoms with Gasteiger partial charge in [0, 0.05) is 17.6 Å². The first-order valence-electron chi connectivity index (χ1n) is 7.71. The zero-order valence-electron chi connectivity index (χ0n) is 13.2. The van der Waals surface area contributed by atoms with E-state index in [4.69, 9.17) is 5.73 Å². The van der Waals surface area contributed by atoms with Crippen molar-refractivity contribution in [2.45, 2.75) is 19.4 Å². The number of amides is 1. The van der Waals surface area contributed by atoms with E-state index < -0.39 is 0 Å². The van der Waals surface area contributed by atoms with Crippen LogP contribution in [0.3, 0.4) is 0 Å². The Bertz CT molecular complexity index is 787. The topological polar surface area (TPSA) is 81.2 Å². The van der Waals surface area contributed by atoms with E-state index in [0.717, 1.165) is 17.3 Å². The van der Waals surface area contributed by atoms with Crippen LogP contribution in [-0.2, 0) is 11.3 Å². The second kappa shape index (κ2) is 8.09. The molecule has 1 aromatic heterocycles. The lowest BCUT2D eigenvalue weighted by molar-refractivity contribution is -0.133. The highest BCUT2D eigenvalue weighted by Gasteiger charge is 2.22. The Morgan fingerprint density at radius 3 is 2.71 bits per heavy atom. The van der Waals surface area contributed by atoms with E-state index >= 15 is 0 Å². The Hall–Kier alpha value is -1.44. The number of rotatable bonds is 3. The molecule has 1 aliphatic rings. The third-order valence-electron chi connectivity index (χ3n) is 4.39. The summed E-state index contributed by atoms with van der Waals surface area (Å²) in [6.45, 7) is 2.12. The van der Waals surface area contributed by atoms with Gasteiger partial charge in [-0.1, -0.05) is 15.9 Å². The molecule has 2 N–H and O–H groups in total. The summed E-state index contributed by atoms with van der Waals surface area (Å²) in [5, 5.41) is 0.511. The van der Waals surface area contributed by atoms with Crippen molar-refractivity contribution in [1.82, 2.24) is 14.5 Å². The molecule has 2 heterocycles. The molecule has 0 spiro atoms. The third kappa shape index (κ3) is 3.96. The van der Waals surface area contributed by atoms with Crippen molar-refractivity contribution in [2.24, 2.45) is 11.7 Å². The quantitative estimate of drug-likeness (QED) is 0.828. The van der Waals surface area contributed by atoms with E-state index in [0.29, 0.717) is 36.5 Å². The molecule has 3 rings (SSSR count). The van der Waals surface area contributed by atoms with Crippen LogP contribution in [0.4, 0.5) is 0 Å². The molecule has 0 bridgehead atoms. The van der Waals surface area contributed by atoms with Crippen molar-refractivity contribution in [3.05, 3.63) is 39.4 Å². The van der Waals surface area contributed by atoms with Gasteiger partial charge < -0.3 is 10.6 Å². The lowest BCUT2D eigenvalue weighted by atomic mass is 9.97. The summed E-state index contributed by atoms with van der Waals surface area (Å²) >= 11 is 3.36. The SMILES string of the molecule is Cl.NCC1CCN(C(=O)Cn2cnc3ccc(Br)cc3c2=O)CC1. The zero-order chi connectivity index (χ0) is 16.4. The molecule has 0 unspecified atom stereocenters. The molecule has 2 aromatic rings.